The molecule has 7 rings (SSSR count). The number of amides is 2. The van der Waals surface area contributed by atoms with Gasteiger partial charge in [-0.05, 0) is 127 Å². The van der Waals surface area contributed by atoms with Crippen molar-refractivity contribution in [2.75, 3.05) is 46.1 Å². The Kier molecular flexibility index (Phi) is 23.9. The number of hydrogen-bond donors (Lipinski definition) is 3. The van der Waals surface area contributed by atoms with Crippen LogP contribution in [0.2, 0.25) is 0 Å². The molecule has 5 atom stereocenters. The largest absolute Gasteiger partial charge is 0.790 e. The van der Waals surface area contributed by atoms with Crippen molar-refractivity contribution >= 4 is 58.7 Å². The number of ketones is 1. The number of aromatic carboxylic acids is 1. The van der Waals surface area contributed by atoms with Gasteiger partial charge < -0.3 is 72.9 Å². The molecule has 89 heavy (non-hydrogen) atoms. The molecule has 3 N–H and O–H groups in total. The first kappa shape index (κ1) is 68.6. The van der Waals surface area contributed by atoms with Gasteiger partial charge in [0.05, 0.1) is 46.3 Å². The highest BCUT2D eigenvalue weighted by molar-refractivity contribution is 7.64. The number of rotatable bonds is 30. The maximum atomic E-state index is 13.8. The summed E-state index contributed by atoms with van der Waals surface area (Å²) in [7, 11) is -18.2. The number of aryl methyl sites for hydroxylation is 3. The molecule has 1 fully saturated rings. The van der Waals surface area contributed by atoms with Crippen molar-refractivity contribution in [2.24, 2.45) is 5.11 Å². The van der Waals surface area contributed by atoms with Gasteiger partial charge in [-0.3, -0.25) is 42.2 Å². The molecule has 0 radical (unpaired) electrons. The molecule has 1 saturated heterocycles. The molecule has 0 aliphatic carbocycles. The second kappa shape index (κ2) is 31.1. The fraction of sp³-hybridized carbons (Fsp3) is 0.368. The number of aromatic amines is 1. The molecule has 2 aliphatic heterocycles. The second-order valence-electron chi connectivity index (χ2n) is 20.0. The summed E-state index contributed by atoms with van der Waals surface area (Å²) in [6, 6.07) is 18.5. The Hall–Kier alpha value is -7.86. The van der Waals surface area contributed by atoms with E-state index in [4.69, 9.17) is 29.2 Å². The van der Waals surface area contributed by atoms with E-state index in [2.05, 4.69) is 58.6 Å². The number of carboxylic acids is 1. The summed E-state index contributed by atoms with van der Waals surface area (Å²) >= 11 is 0. The van der Waals surface area contributed by atoms with Crippen LogP contribution in [0, 0.1) is 25.7 Å². The van der Waals surface area contributed by atoms with E-state index in [9.17, 15) is 67.1 Å². The van der Waals surface area contributed by atoms with Gasteiger partial charge in [-0.15, -0.1) is 0 Å². The van der Waals surface area contributed by atoms with Crippen molar-refractivity contribution in [2.45, 2.75) is 91.2 Å². The molecule has 1 aromatic heterocycles. The SMILES string of the molecule is CC/C=c1/cc2c(cc1C)=C(c1cc(C(=O)CCCNC(=O)c3cccc(OCC(N=[N+]=[N-])OCCOCC(=O)NCC#Cc4cn([C@H]5CC[C@@H](COP(=O)([O-])OP(=O)([O-])OP(=O)([O-])[O-])O5)c(=O)[nH]c4=O)c3)ccc1C(=O)[O-])c1cc(C)c(CCC)cc1O2. The van der Waals surface area contributed by atoms with E-state index in [-0.39, 0.29) is 92.4 Å². The highest BCUT2D eigenvalue weighted by atomic mass is 31.3. The lowest BCUT2D eigenvalue weighted by atomic mass is 9.85. The van der Waals surface area contributed by atoms with Crippen LogP contribution in [0.3, 0.4) is 0 Å². The lowest BCUT2D eigenvalue weighted by Gasteiger charge is -2.37. The number of carbonyl (C=O) groups is 4. The highest BCUT2D eigenvalue weighted by Crippen LogP contribution is 2.60. The first-order valence-corrected chi connectivity index (χ1v) is 31.9. The van der Waals surface area contributed by atoms with Gasteiger partial charge in [0.2, 0.25) is 5.91 Å². The minimum atomic E-state index is -6.19. The predicted octanol–water partition coefficient (Wildman–Crippen LogP) is 2.12. The first-order valence-electron chi connectivity index (χ1n) is 27.6. The van der Waals surface area contributed by atoms with Crippen LogP contribution in [-0.4, -0.2) is 91.6 Å². The number of aromatic nitrogens is 2. The van der Waals surface area contributed by atoms with E-state index in [0.29, 0.717) is 33.4 Å². The number of nitrogens with zero attached hydrogens (tertiary/aromatic N) is 4. The summed E-state index contributed by atoms with van der Waals surface area (Å²) in [5.74, 6) is 3.64. The van der Waals surface area contributed by atoms with Crippen LogP contribution in [0.1, 0.15) is 123 Å². The molecular formula is C57H59N7O22P3-5. The Balaban J connectivity index is 0.843. The number of phosphoric ester groups is 1. The van der Waals surface area contributed by atoms with Gasteiger partial charge in [0.1, 0.15) is 42.3 Å². The molecule has 4 aromatic carbocycles. The molecule has 29 nitrogen and oxygen atoms in total. The summed E-state index contributed by atoms with van der Waals surface area (Å²) in [6.07, 6.45) is 2.66. The minimum absolute atomic E-state index is 0.0216. The third kappa shape index (κ3) is 19.6. The lowest BCUT2D eigenvalue weighted by Crippen LogP contribution is -2.34. The van der Waals surface area contributed by atoms with E-state index >= 15 is 0 Å². The fourth-order valence-electron chi connectivity index (χ4n) is 9.39. The predicted molar refractivity (Wildman–Crippen MR) is 306 cm³/mol. The van der Waals surface area contributed by atoms with Crippen LogP contribution in [-0.2, 0) is 52.3 Å². The van der Waals surface area contributed by atoms with Crippen molar-refractivity contribution in [1.29, 1.82) is 0 Å². The topological polar surface area (TPSA) is 436 Å². The number of Topliss-reactive ketones (excluding diaryl/α,β-unsaturated/α-hetero) is 1. The number of fused-ring (bicyclic) bond motifs is 2. The number of phosphoric acid groups is 3. The maximum Gasteiger partial charge on any atom is 0.330 e. The fourth-order valence-corrected chi connectivity index (χ4v) is 12.3. The average molecular weight is 1290 g/mol. The van der Waals surface area contributed by atoms with Gasteiger partial charge in [0.15, 0.2) is 12.0 Å². The third-order valence-electron chi connectivity index (χ3n) is 13.4. The maximum absolute atomic E-state index is 13.8. The monoisotopic (exact) mass is 1290 g/mol. The van der Waals surface area contributed by atoms with E-state index in [1.165, 1.54) is 18.2 Å². The number of carboxylic acid groups (broad SMARTS) is 1. The molecule has 0 saturated carbocycles. The van der Waals surface area contributed by atoms with Crippen molar-refractivity contribution < 1.29 is 94.4 Å². The number of carbonyl (C=O) groups excluding carboxylic acids is 4. The summed E-state index contributed by atoms with van der Waals surface area (Å²) in [5, 5.41) is 23.2. The standard InChI is InChI=1S/C57H64N7O22P3/c1-5-10-36-28-48-45(24-34(36)3)53(46-25-35(4)37(11-6-2)29-49(46)84-48)44-27-38(16-18-43(44)56(69)70)47(65)15-9-21-60-54(67)39-12-7-14-41(26-39)81-33-51(62-63-58)80-23-22-79-32-50(66)59-20-8-13-40-30-64(57(71)61-55(40)68)52-19-17-42(83-52)31-82-88(75,76)86-89(77,78)85-87(72,73)74/h7,10,12,14,16,18,24-30,42,51-52H,5-6,9,11,15,17,19-23,31-33H2,1-4H3,(H,59,66)(H,60,67)(H,69,70)(H,75,76)(H,77,78)(H,61,68,71)(H2,72,73,74)/p-5/b36-10-/t42-,51?,52+/m0/s1. The first-order chi connectivity index (χ1) is 42.3. The molecule has 2 amide bonds. The molecule has 0 spiro atoms. The van der Waals surface area contributed by atoms with Crippen LogP contribution in [0.4, 0.5) is 0 Å². The molecule has 0 bridgehead atoms. The molecule has 2 aliphatic rings. The van der Waals surface area contributed by atoms with Crippen LogP contribution in [0.15, 0.2) is 87.6 Å². The van der Waals surface area contributed by atoms with Gasteiger partial charge in [-0.2, -0.15) is 0 Å². The zero-order chi connectivity index (χ0) is 64.6. The van der Waals surface area contributed by atoms with E-state index in [1.54, 1.807) is 24.3 Å². The summed E-state index contributed by atoms with van der Waals surface area (Å²) < 4.78 is 74.5. The molecule has 32 heteroatoms. The lowest BCUT2D eigenvalue weighted by molar-refractivity contribution is -0.339. The molecule has 3 unspecified atom stereocenters. The highest BCUT2D eigenvalue weighted by Gasteiger charge is 2.31. The number of benzene rings is 4. The number of nitrogens with one attached hydrogen (secondary N) is 3. The third-order valence-corrected chi connectivity index (χ3v) is 17.1. The van der Waals surface area contributed by atoms with Crippen molar-refractivity contribution in [3.8, 4) is 29.1 Å². The number of H-pyrrole nitrogens is 1. The Morgan fingerprint density at radius 1 is 0.921 bits per heavy atom. The van der Waals surface area contributed by atoms with Crippen molar-refractivity contribution in [3.63, 3.8) is 0 Å². The van der Waals surface area contributed by atoms with Crippen LogP contribution >= 0.6 is 23.5 Å². The number of ether oxygens (including phenoxy) is 5. The zero-order valence-corrected chi connectivity index (χ0v) is 50.9. The zero-order valence-electron chi connectivity index (χ0n) is 48.2. The van der Waals surface area contributed by atoms with Gasteiger partial charge in [-0.1, -0.05) is 61.5 Å². The quantitative estimate of drug-likeness (QED) is 0.0111. The Morgan fingerprint density at radius 3 is 2.44 bits per heavy atom. The number of hydrogen-bond acceptors (Lipinski definition) is 23. The van der Waals surface area contributed by atoms with Crippen molar-refractivity contribution in [1.82, 2.24) is 20.2 Å². The van der Waals surface area contributed by atoms with E-state index in [0.717, 1.165) is 51.9 Å². The molecule has 3 heterocycles. The summed E-state index contributed by atoms with van der Waals surface area (Å²) in [4.78, 5) is 126. The van der Waals surface area contributed by atoms with Crippen LogP contribution < -0.4 is 66.5 Å². The Labute approximate surface area is 507 Å². The van der Waals surface area contributed by atoms with E-state index in [1.807, 2.05) is 50.0 Å². The number of azide groups is 1. The van der Waals surface area contributed by atoms with Crippen LogP contribution in [0.25, 0.3) is 22.1 Å². The van der Waals surface area contributed by atoms with Crippen LogP contribution in [0.5, 0.6) is 17.2 Å². The second-order valence-corrected chi connectivity index (χ2v) is 24.2. The van der Waals surface area contributed by atoms with Gasteiger partial charge >= 0.3 is 5.69 Å². The van der Waals surface area contributed by atoms with E-state index < -0.39 is 84.3 Å². The Morgan fingerprint density at radius 2 is 1.71 bits per heavy atom. The van der Waals surface area contributed by atoms with Gasteiger partial charge in [-0.25, -0.2) is 9.11 Å². The molecular weight excluding hydrogens is 1230 g/mol. The molecule has 474 valence electrons. The molecule has 5 aromatic rings. The average Bonchev–Trinajstić information content (AvgIpc) is 1.41. The summed E-state index contributed by atoms with van der Waals surface area (Å²) in [5.41, 5.74) is 12.2. The van der Waals surface area contributed by atoms with Gasteiger partial charge in [0, 0.05) is 57.1 Å². The van der Waals surface area contributed by atoms with Gasteiger partial charge in [0.25, 0.3) is 27.1 Å². The van der Waals surface area contributed by atoms with Crippen molar-refractivity contribution in [3.05, 3.63) is 165 Å². The normalized spacial score (nSPS) is 16.2. The smallest absolute Gasteiger partial charge is 0.330 e. The Bertz CT molecular complexity index is 4040. The summed E-state index contributed by atoms with van der Waals surface area (Å²) in [6.45, 7) is 6.02. The minimum Gasteiger partial charge on any atom is -0.790 e.